The van der Waals surface area contributed by atoms with Crippen LogP contribution in [0.1, 0.15) is 32.7 Å². The van der Waals surface area contributed by atoms with E-state index in [4.69, 9.17) is 0 Å². The first-order valence-electron chi connectivity index (χ1n) is 7.45. The zero-order valence-electron chi connectivity index (χ0n) is 12.6. The fourth-order valence-corrected chi connectivity index (χ4v) is 2.79. The molecule has 0 unspecified atom stereocenters. The maximum absolute atomic E-state index is 12.4. The van der Waals surface area contributed by atoms with Crippen LogP contribution in [0.2, 0.25) is 0 Å². The minimum Gasteiger partial charge on any atom is -0.378 e. The van der Waals surface area contributed by atoms with Crippen LogP contribution >= 0.6 is 0 Å². The lowest BCUT2D eigenvalue weighted by atomic mass is 10.0. The number of nitrogens with one attached hydrogen (secondary N) is 1. The number of hydrogen-bond acceptors (Lipinski definition) is 3. The molecule has 0 atom stereocenters. The third-order valence-corrected chi connectivity index (χ3v) is 3.77. The molecule has 118 valence electrons. The van der Waals surface area contributed by atoms with Crippen molar-refractivity contribution in [3.05, 3.63) is 28.7 Å². The highest BCUT2D eigenvalue weighted by atomic mass is 19.3. The Morgan fingerprint density at radius 3 is 2.57 bits per heavy atom. The van der Waals surface area contributed by atoms with E-state index in [1.165, 1.54) is 0 Å². The van der Waals surface area contributed by atoms with Gasteiger partial charge in [-0.1, -0.05) is 0 Å². The summed E-state index contributed by atoms with van der Waals surface area (Å²) in [4.78, 5) is 14.2. The molecular formula is C15H23F2N3O. The lowest BCUT2D eigenvalue weighted by Crippen LogP contribution is -2.39. The van der Waals surface area contributed by atoms with Gasteiger partial charge in [0.15, 0.2) is 0 Å². The van der Waals surface area contributed by atoms with Gasteiger partial charge < -0.3 is 9.88 Å². The number of likely N-dealkylation sites (tertiary alicyclic amines) is 1. The van der Waals surface area contributed by atoms with Gasteiger partial charge in [0, 0.05) is 31.4 Å². The molecule has 0 radical (unpaired) electrons. The van der Waals surface area contributed by atoms with E-state index in [1.54, 1.807) is 21.7 Å². The first kappa shape index (κ1) is 15.9. The predicted octanol–water partition coefficient (Wildman–Crippen LogP) is 2.57. The number of rotatable bonds is 5. The number of pyridine rings is 1. The molecule has 0 saturated carbocycles. The Morgan fingerprint density at radius 1 is 1.33 bits per heavy atom. The van der Waals surface area contributed by atoms with Gasteiger partial charge in [-0.3, -0.25) is 9.69 Å². The van der Waals surface area contributed by atoms with E-state index in [-0.39, 0.29) is 24.2 Å². The Kier molecular flexibility index (Phi) is 5.33. The van der Waals surface area contributed by atoms with Crippen molar-refractivity contribution in [2.75, 3.05) is 25.0 Å². The van der Waals surface area contributed by atoms with Crippen LogP contribution in [0.5, 0.6) is 0 Å². The molecule has 4 nitrogen and oxygen atoms in total. The van der Waals surface area contributed by atoms with Crippen LogP contribution in [0.25, 0.3) is 0 Å². The highest BCUT2D eigenvalue weighted by molar-refractivity contribution is 5.41. The summed E-state index contributed by atoms with van der Waals surface area (Å²) < 4.78 is 26.5. The van der Waals surface area contributed by atoms with Gasteiger partial charge in [0.05, 0.1) is 6.54 Å². The average Bonchev–Trinajstić information content (AvgIpc) is 2.41. The third-order valence-electron chi connectivity index (χ3n) is 3.77. The van der Waals surface area contributed by atoms with Gasteiger partial charge in [0.25, 0.3) is 12.0 Å². The molecule has 1 fully saturated rings. The van der Waals surface area contributed by atoms with Crippen LogP contribution in [0.4, 0.5) is 14.5 Å². The Balaban J connectivity index is 2.05. The van der Waals surface area contributed by atoms with Crippen LogP contribution in [0, 0.1) is 0 Å². The molecule has 2 rings (SSSR count). The van der Waals surface area contributed by atoms with Crippen molar-refractivity contribution < 1.29 is 8.78 Å². The van der Waals surface area contributed by atoms with Gasteiger partial charge in [0.1, 0.15) is 5.69 Å². The number of nitrogens with zero attached hydrogens (tertiary/aromatic N) is 2. The number of anilines is 1. The van der Waals surface area contributed by atoms with Crippen LogP contribution in [-0.4, -0.2) is 41.6 Å². The zero-order chi connectivity index (χ0) is 15.4. The average molecular weight is 299 g/mol. The second-order valence-electron chi connectivity index (χ2n) is 5.86. The van der Waals surface area contributed by atoms with E-state index in [9.17, 15) is 13.6 Å². The normalized spacial score (nSPS) is 17.6. The molecule has 1 aromatic rings. The first-order valence-corrected chi connectivity index (χ1v) is 7.45. The van der Waals surface area contributed by atoms with E-state index in [2.05, 4.69) is 5.32 Å². The van der Waals surface area contributed by atoms with Gasteiger partial charge >= 0.3 is 0 Å². The molecule has 2 heterocycles. The Morgan fingerprint density at radius 2 is 2.00 bits per heavy atom. The fourth-order valence-electron chi connectivity index (χ4n) is 2.79. The summed E-state index contributed by atoms with van der Waals surface area (Å²) in [6.45, 7) is 5.03. The standard InChI is InChI=1S/C15H23F2N3O/c1-11(2)18-13-4-3-7-20(15(13)21)12-5-8-19(9-6-12)10-14(16)17/h3-4,7,11-12,14,18H,5-6,8-10H2,1-2H3. The van der Waals surface area contributed by atoms with Crippen molar-refractivity contribution in [1.82, 2.24) is 9.47 Å². The minimum atomic E-state index is -2.29. The summed E-state index contributed by atoms with van der Waals surface area (Å²) in [5.74, 6) is 0. The van der Waals surface area contributed by atoms with E-state index in [1.807, 2.05) is 19.9 Å². The monoisotopic (exact) mass is 299 g/mol. The van der Waals surface area contributed by atoms with E-state index >= 15 is 0 Å². The molecule has 1 N–H and O–H groups in total. The molecule has 6 heteroatoms. The zero-order valence-corrected chi connectivity index (χ0v) is 12.6. The van der Waals surface area contributed by atoms with Crippen LogP contribution < -0.4 is 10.9 Å². The number of hydrogen-bond donors (Lipinski definition) is 1. The van der Waals surface area contributed by atoms with Crippen molar-refractivity contribution in [3.8, 4) is 0 Å². The van der Waals surface area contributed by atoms with Gasteiger partial charge in [-0.2, -0.15) is 0 Å². The SMILES string of the molecule is CC(C)Nc1cccn(C2CCN(CC(F)F)CC2)c1=O. The second-order valence-corrected chi connectivity index (χ2v) is 5.86. The predicted molar refractivity (Wildman–Crippen MR) is 80.2 cm³/mol. The Hall–Kier alpha value is -1.43. The van der Waals surface area contributed by atoms with Crippen molar-refractivity contribution >= 4 is 5.69 Å². The summed E-state index contributed by atoms with van der Waals surface area (Å²) in [5.41, 5.74) is 0.570. The van der Waals surface area contributed by atoms with E-state index < -0.39 is 6.43 Å². The maximum atomic E-state index is 12.4. The summed E-state index contributed by atoms with van der Waals surface area (Å²) in [7, 11) is 0. The number of alkyl halides is 2. The van der Waals surface area contributed by atoms with Crippen LogP contribution in [-0.2, 0) is 0 Å². The van der Waals surface area contributed by atoms with Crippen molar-refractivity contribution in [2.45, 2.75) is 45.2 Å². The highest BCUT2D eigenvalue weighted by Gasteiger charge is 2.23. The Bertz CT molecular complexity index is 508. The maximum Gasteiger partial charge on any atom is 0.274 e. The molecule has 1 aliphatic rings. The summed E-state index contributed by atoms with van der Waals surface area (Å²) >= 11 is 0. The molecule has 0 spiro atoms. The molecule has 0 bridgehead atoms. The number of aromatic nitrogens is 1. The van der Waals surface area contributed by atoms with Gasteiger partial charge in [0.2, 0.25) is 0 Å². The lowest BCUT2D eigenvalue weighted by molar-refractivity contribution is 0.0699. The molecule has 21 heavy (non-hydrogen) atoms. The molecule has 1 saturated heterocycles. The third kappa shape index (κ3) is 4.27. The second kappa shape index (κ2) is 7.02. The van der Waals surface area contributed by atoms with Gasteiger partial charge in [-0.15, -0.1) is 0 Å². The molecule has 1 aromatic heterocycles. The van der Waals surface area contributed by atoms with Gasteiger partial charge in [-0.05, 0) is 38.8 Å². The number of halogens is 2. The van der Waals surface area contributed by atoms with E-state index in [0.29, 0.717) is 18.8 Å². The van der Waals surface area contributed by atoms with Crippen LogP contribution in [0.15, 0.2) is 23.1 Å². The summed E-state index contributed by atoms with van der Waals surface area (Å²) in [6.07, 6.45) is 0.972. The topological polar surface area (TPSA) is 37.3 Å². The van der Waals surface area contributed by atoms with Crippen molar-refractivity contribution in [2.24, 2.45) is 0 Å². The summed E-state index contributed by atoms with van der Waals surface area (Å²) in [6, 6.07) is 3.93. The van der Waals surface area contributed by atoms with Crippen LogP contribution in [0.3, 0.4) is 0 Å². The Labute approximate surface area is 123 Å². The smallest absolute Gasteiger partial charge is 0.274 e. The van der Waals surface area contributed by atoms with Gasteiger partial charge in [-0.25, -0.2) is 8.78 Å². The fraction of sp³-hybridized carbons (Fsp3) is 0.667. The molecule has 1 aliphatic heterocycles. The molecule has 0 amide bonds. The van der Waals surface area contributed by atoms with E-state index in [0.717, 1.165) is 12.8 Å². The quantitative estimate of drug-likeness (QED) is 0.908. The van der Waals surface area contributed by atoms with Crippen molar-refractivity contribution in [3.63, 3.8) is 0 Å². The molecular weight excluding hydrogens is 276 g/mol. The summed E-state index contributed by atoms with van der Waals surface area (Å²) in [5, 5.41) is 3.14. The largest absolute Gasteiger partial charge is 0.378 e. The molecule has 0 aliphatic carbocycles. The lowest BCUT2D eigenvalue weighted by Gasteiger charge is -2.32. The first-order chi connectivity index (χ1) is 9.97. The minimum absolute atomic E-state index is 0.0292. The highest BCUT2D eigenvalue weighted by Crippen LogP contribution is 2.22. The molecule has 0 aromatic carbocycles. The van der Waals surface area contributed by atoms with Crippen molar-refractivity contribution in [1.29, 1.82) is 0 Å². The number of piperidine rings is 1.